The lowest BCUT2D eigenvalue weighted by Crippen LogP contribution is -2.28. The van der Waals surface area contributed by atoms with Gasteiger partial charge in [-0.3, -0.25) is 4.98 Å². The van der Waals surface area contributed by atoms with Crippen molar-refractivity contribution in [2.75, 3.05) is 0 Å². The minimum absolute atomic E-state index is 0.428. The highest BCUT2D eigenvalue weighted by Crippen LogP contribution is 2.56. The number of hydrogen-bond donors (Lipinski definition) is 0. The maximum absolute atomic E-state index is 6.55. The molecule has 0 saturated heterocycles. The molecule has 0 aliphatic heterocycles. The largest absolute Gasteiger partial charge is 0.264 e. The van der Waals surface area contributed by atoms with Gasteiger partial charge in [-0.05, 0) is 63.0 Å². The maximum atomic E-state index is 6.55. The van der Waals surface area contributed by atoms with Crippen LogP contribution in [-0.2, 0) is 5.41 Å². The van der Waals surface area contributed by atoms with E-state index in [1.807, 2.05) is 18.5 Å². The van der Waals surface area contributed by atoms with Gasteiger partial charge in [-0.15, -0.1) is 0 Å². The molecule has 30 heavy (non-hydrogen) atoms. The fraction of sp³-hybridized carbons (Fsp3) is 0.0357. The van der Waals surface area contributed by atoms with Crippen LogP contribution in [0.3, 0.4) is 0 Å². The van der Waals surface area contributed by atoms with Gasteiger partial charge >= 0.3 is 0 Å². The van der Waals surface area contributed by atoms with Gasteiger partial charge in [0.1, 0.15) is 0 Å². The van der Waals surface area contributed by atoms with Gasteiger partial charge in [-0.1, -0.05) is 84.4 Å². The number of fused-ring (bicyclic) bond motifs is 4. The van der Waals surface area contributed by atoms with E-state index in [2.05, 4.69) is 96.0 Å². The Morgan fingerprint density at radius 1 is 0.600 bits per heavy atom. The fourth-order valence-electron chi connectivity index (χ4n) is 5.05. The third-order valence-electron chi connectivity index (χ3n) is 6.29. The number of nitrogens with zero attached hydrogens (tertiary/aromatic N) is 1. The molecule has 1 aliphatic rings. The molecule has 0 amide bonds. The van der Waals surface area contributed by atoms with Crippen molar-refractivity contribution >= 4 is 22.4 Å². The number of aromatic nitrogens is 1. The molecule has 0 saturated carbocycles. The summed E-state index contributed by atoms with van der Waals surface area (Å²) in [6.45, 7) is 0. The lowest BCUT2D eigenvalue weighted by molar-refractivity contribution is 0.770. The lowest BCUT2D eigenvalue weighted by Gasteiger charge is -2.34. The molecule has 1 nitrogen and oxygen atoms in total. The normalized spacial score (nSPS) is 17.0. The van der Waals surface area contributed by atoms with Crippen molar-refractivity contribution < 1.29 is 0 Å². The summed E-state index contributed by atoms with van der Waals surface area (Å²) in [6.07, 6.45) is 3.78. The molecule has 0 fully saturated rings. The molecule has 2 heteroatoms. The Hall–Kier alpha value is -3.42. The lowest BCUT2D eigenvalue weighted by atomic mass is 9.67. The fourth-order valence-corrected chi connectivity index (χ4v) is 5.22. The molecular weight excluding hydrogens is 386 g/mol. The number of pyridine rings is 1. The minimum Gasteiger partial charge on any atom is -0.264 e. The van der Waals surface area contributed by atoms with Crippen molar-refractivity contribution in [3.63, 3.8) is 0 Å². The first-order valence-electron chi connectivity index (χ1n) is 10.1. The SMILES string of the molecule is Clc1ccc2c(c1)C(c1ccccc1)(c1ccc3ccncc3c1)c1ccccc1-2. The molecule has 6 rings (SSSR count). The van der Waals surface area contributed by atoms with Gasteiger partial charge in [0, 0.05) is 22.8 Å². The summed E-state index contributed by atoms with van der Waals surface area (Å²) in [4.78, 5) is 4.36. The smallest absolute Gasteiger partial charge is 0.0714 e. The molecule has 0 spiro atoms. The standard InChI is InChI=1S/C28H18ClN/c29-23-12-13-25-24-8-4-5-9-26(24)28(27(25)17-23,21-6-2-1-3-7-21)22-11-10-19-14-15-30-18-20(19)16-22/h1-18H. The summed E-state index contributed by atoms with van der Waals surface area (Å²) < 4.78 is 0. The average Bonchev–Trinajstić information content (AvgIpc) is 3.09. The van der Waals surface area contributed by atoms with Crippen molar-refractivity contribution in [1.82, 2.24) is 4.98 Å². The Labute approximate surface area is 180 Å². The number of rotatable bonds is 2. The number of hydrogen-bond acceptors (Lipinski definition) is 1. The summed E-state index contributed by atoms with van der Waals surface area (Å²) in [6, 6.07) is 34.5. The Morgan fingerprint density at radius 2 is 1.40 bits per heavy atom. The second kappa shape index (κ2) is 6.55. The van der Waals surface area contributed by atoms with Crippen LogP contribution in [0.4, 0.5) is 0 Å². The van der Waals surface area contributed by atoms with E-state index in [9.17, 15) is 0 Å². The molecule has 5 aromatic rings. The highest BCUT2D eigenvalue weighted by molar-refractivity contribution is 6.30. The van der Waals surface area contributed by atoms with E-state index < -0.39 is 5.41 Å². The van der Waals surface area contributed by atoms with Crippen LogP contribution in [0.25, 0.3) is 21.9 Å². The Kier molecular flexibility index (Phi) is 3.81. The van der Waals surface area contributed by atoms with Crippen molar-refractivity contribution in [3.8, 4) is 11.1 Å². The molecule has 1 atom stereocenters. The maximum Gasteiger partial charge on any atom is 0.0714 e. The predicted molar refractivity (Wildman–Crippen MR) is 124 cm³/mol. The molecule has 0 radical (unpaired) electrons. The van der Waals surface area contributed by atoms with E-state index in [0.717, 1.165) is 10.4 Å². The van der Waals surface area contributed by atoms with Gasteiger partial charge in [-0.25, -0.2) is 0 Å². The second-order valence-corrected chi connectivity index (χ2v) is 8.23. The molecule has 1 heterocycles. The van der Waals surface area contributed by atoms with Gasteiger partial charge in [0.25, 0.3) is 0 Å². The first kappa shape index (κ1) is 17.4. The molecule has 4 aromatic carbocycles. The third-order valence-corrected chi connectivity index (χ3v) is 6.52. The van der Waals surface area contributed by atoms with Crippen LogP contribution < -0.4 is 0 Å². The molecule has 1 unspecified atom stereocenters. The number of halogens is 1. The topological polar surface area (TPSA) is 12.9 Å². The number of benzene rings is 4. The van der Waals surface area contributed by atoms with Gasteiger partial charge in [0.15, 0.2) is 0 Å². The van der Waals surface area contributed by atoms with Crippen molar-refractivity contribution in [3.05, 3.63) is 137 Å². The van der Waals surface area contributed by atoms with Gasteiger partial charge in [-0.2, -0.15) is 0 Å². The van der Waals surface area contributed by atoms with E-state index in [0.29, 0.717) is 0 Å². The Morgan fingerprint density at radius 3 is 2.30 bits per heavy atom. The Bertz CT molecular complexity index is 1410. The van der Waals surface area contributed by atoms with E-state index >= 15 is 0 Å². The summed E-state index contributed by atoms with van der Waals surface area (Å²) in [7, 11) is 0. The van der Waals surface area contributed by atoms with Crippen molar-refractivity contribution in [2.24, 2.45) is 0 Å². The first-order valence-corrected chi connectivity index (χ1v) is 10.5. The van der Waals surface area contributed by atoms with Crippen molar-refractivity contribution in [2.45, 2.75) is 5.41 Å². The van der Waals surface area contributed by atoms with Crippen LogP contribution in [0.5, 0.6) is 0 Å². The second-order valence-electron chi connectivity index (χ2n) is 7.79. The van der Waals surface area contributed by atoms with E-state index in [1.165, 1.54) is 38.8 Å². The summed E-state index contributed by atoms with van der Waals surface area (Å²) in [5.74, 6) is 0. The van der Waals surface area contributed by atoms with Crippen LogP contribution in [0, 0.1) is 0 Å². The summed E-state index contributed by atoms with van der Waals surface area (Å²) in [5.41, 5.74) is 7.05. The molecule has 0 bridgehead atoms. The van der Waals surface area contributed by atoms with Gasteiger partial charge in [0.05, 0.1) is 5.41 Å². The molecule has 1 aliphatic carbocycles. The molecular formula is C28H18ClN. The Balaban J connectivity index is 1.80. The summed E-state index contributed by atoms with van der Waals surface area (Å²) >= 11 is 6.55. The molecule has 1 aromatic heterocycles. The minimum atomic E-state index is -0.428. The van der Waals surface area contributed by atoms with Crippen molar-refractivity contribution in [1.29, 1.82) is 0 Å². The van der Waals surface area contributed by atoms with Gasteiger partial charge < -0.3 is 0 Å². The average molecular weight is 404 g/mol. The predicted octanol–water partition coefficient (Wildman–Crippen LogP) is 7.25. The highest BCUT2D eigenvalue weighted by Gasteiger charge is 2.46. The zero-order valence-corrected chi connectivity index (χ0v) is 17.0. The van der Waals surface area contributed by atoms with E-state index in [4.69, 9.17) is 11.6 Å². The molecule has 142 valence electrons. The van der Waals surface area contributed by atoms with Crippen LogP contribution in [-0.4, -0.2) is 4.98 Å². The van der Waals surface area contributed by atoms with Crippen LogP contribution in [0.2, 0.25) is 5.02 Å². The van der Waals surface area contributed by atoms with Gasteiger partial charge in [0.2, 0.25) is 0 Å². The van der Waals surface area contributed by atoms with Crippen LogP contribution >= 0.6 is 11.6 Å². The van der Waals surface area contributed by atoms with Crippen LogP contribution in [0.15, 0.2) is 109 Å². The zero-order chi connectivity index (χ0) is 20.1. The van der Waals surface area contributed by atoms with E-state index in [-0.39, 0.29) is 0 Å². The monoisotopic (exact) mass is 403 g/mol. The van der Waals surface area contributed by atoms with Crippen LogP contribution in [0.1, 0.15) is 22.3 Å². The molecule has 0 N–H and O–H groups in total. The quantitative estimate of drug-likeness (QED) is 0.296. The summed E-state index contributed by atoms with van der Waals surface area (Å²) in [5, 5.41) is 3.08. The highest BCUT2D eigenvalue weighted by atomic mass is 35.5. The van der Waals surface area contributed by atoms with E-state index in [1.54, 1.807) is 0 Å². The third kappa shape index (κ3) is 2.33. The first-order chi connectivity index (χ1) is 14.8. The zero-order valence-electron chi connectivity index (χ0n) is 16.2.